The van der Waals surface area contributed by atoms with Crippen molar-refractivity contribution in [2.45, 2.75) is 86.7 Å². The number of aryl methyl sites for hydroxylation is 1. The predicted octanol–water partition coefficient (Wildman–Crippen LogP) is 5.62. The quantitative estimate of drug-likeness (QED) is 0.287. The lowest BCUT2D eigenvalue weighted by Crippen LogP contribution is -2.50. The van der Waals surface area contributed by atoms with E-state index in [1.165, 1.54) is 24.8 Å². The average molecular weight is 519 g/mol. The van der Waals surface area contributed by atoms with Gasteiger partial charge in [-0.05, 0) is 72.2 Å². The molecule has 6 heteroatoms. The molecule has 2 fully saturated rings. The van der Waals surface area contributed by atoms with Crippen LogP contribution in [0.15, 0.2) is 77.7 Å². The number of phenolic OH excluding ortho intramolecular Hbond substituents is 1. The fraction of sp³-hybridized carbons (Fsp3) is 0.419. The highest BCUT2D eigenvalue weighted by molar-refractivity contribution is 7.92. The fourth-order valence-corrected chi connectivity index (χ4v) is 8.13. The molecule has 0 aliphatic carbocycles. The Labute approximate surface area is 221 Å². The molecule has 2 aliphatic rings. The molecule has 37 heavy (non-hydrogen) atoms. The van der Waals surface area contributed by atoms with Gasteiger partial charge in [0, 0.05) is 24.7 Å². The molecule has 5 rings (SSSR count). The smallest absolute Gasteiger partial charge is 0.184 e. The van der Waals surface area contributed by atoms with Crippen LogP contribution in [-0.2, 0) is 22.8 Å². The number of aromatic hydroxyl groups is 1. The van der Waals surface area contributed by atoms with Crippen LogP contribution in [0.4, 0.5) is 0 Å². The molecule has 2 saturated heterocycles. The van der Waals surface area contributed by atoms with E-state index >= 15 is 0 Å². The Morgan fingerprint density at radius 1 is 0.865 bits per heavy atom. The van der Waals surface area contributed by atoms with Crippen LogP contribution in [0.25, 0.3) is 11.1 Å². The number of hydrogen-bond acceptors (Lipinski definition) is 5. The van der Waals surface area contributed by atoms with Gasteiger partial charge in [-0.25, -0.2) is 8.42 Å². The van der Waals surface area contributed by atoms with Crippen molar-refractivity contribution in [2.24, 2.45) is 0 Å². The first kappa shape index (κ1) is 26.0. The molecule has 0 unspecified atom stereocenters. The summed E-state index contributed by atoms with van der Waals surface area (Å²) in [5, 5.41) is 16.5. The largest absolute Gasteiger partial charge is 0.508 e. The second-order valence-electron chi connectivity index (χ2n) is 10.6. The van der Waals surface area contributed by atoms with Gasteiger partial charge in [-0.3, -0.25) is 0 Å². The third-order valence-corrected chi connectivity index (χ3v) is 10.3. The average Bonchev–Trinajstić information content (AvgIpc) is 3.53. The lowest BCUT2D eigenvalue weighted by Gasteiger charge is -2.30. The Morgan fingerprint density at radius 2 is 1.59 bits per heavy atom. The van der Waals surface area contributed by atoms with E-state index in [9.17, 15) is 13.5 Å². The van der Waals surface area contributed by atoms with Crippen molar-refractivity contribution >= 4 is 9.84 Å². The van der Waals surface area contributed by atoms with E-state index < -0.39 is 15.1 Å². The minimum atomic E-state index is -3.46. The summed E-state index contributed by atoms with van der Waals surface area (Å²) < 4.78 is 27.6. The molecule has 0 spiro atoms. The van der Waals surface area contributed by atoms with Gasteiger partial charge in [-0.15, -0.1) is 0 Å². The van der Waals surface area contributed by atoms with Gasteiger partial charge in [-0.2, -0.15) is 0 Å². The number of sulfone groups is 1. The van der Waals surface area contributed by atoms with Crippen molar-refractivity contribution < 1.29 is 13.5 Å². The van der Waals surface area contributed by atoms with Gasteiger partial charge in [0.05, 0.1) is 10.1 Å². The summed E-state index contributed by atoms with van der Waals surface area (Å²) in [6.45, 7) is 2.82. The van der Waals surface area contributed by atoms with Crippen molar-refractivity contribution in [3.05, 3.63) is 83.9 Å². The van der Waals surface area contributed by atoms with Crippen LogP contribution in [0.3, 0.4) is 0 Å². The second-order valence-corrected chi connectivity index (χ2v) is 12.7. The highest BCUT2D eigenvalue weighted by Gasteiger charge is 2.53. The van der Waals surface area contributed by atoms with Crippen molar-refractivity contribution in [1.29, 1.82) is 0 Å². The van der Waals surface area contributed by atoms with Crippen LogP contribution in [0.5, 0.6) is 5.75 Å². The van der Waals surface area contributed by atoms with Crippen LogP contribution in [0.2, 0.25) is 0 Å². The first-order valence-electron chi connectivity index (χ1n) is 13.7. The summed E-state index contributed by atoms with van der Waals surface area (Å²) in [7, 11) is -3.46. The summed E-state index contributed by atoms with van der Waals surface area (Å²) in [5.41, 5.74) is 4.32. The van der Waals surface area contributed by atoms with E-state index in [-0.39, 0.29) is 23.9 Å². The van der Waals surface area contributed by atoms with E-state index in [0.29, 0.717) is 11.4 Å². The Morgan fingerprint density at radius 3 is 2.32 bits per heavy atom. The van der Waals surface area contributed by atoms with Crippen molar-refractivity contribution in [3.63, 3.8) is 0 Å². The maximum absolute atomic E-state index is 13.8. The normalized spacial score (nSPS) is 22.9. The van der Waals surface area contributed by atoms with Gasteiger partial charge in [0.15, 0.2) is 9.84 Å². The molecule has 0 amide bonds. The Balaban J connectivity index is 1.26. The van der Waals surface area contributed by atoms with Crippen LogP contribution >= 0.6 is 0 Å². The first-order valence-corrected chi connectivity index (χ1v) is 15.2. The molecular weight excluding hydrogens is 480 g/mol. The number of unbranched alkanes of at least 4 members (excludes halogenated alkanes) is 3. The Bertz CT molecular complexity index is 1290. The summed E-state index contributed by atoms with van der Waals surface area (Å²) >= 11 is 0. The molecule has 2 aliphatic heterocycles. The zero-order valence-electron chi connectivity index (χ0n) is 21.6. The van der Waals surface area contributed by atoms with Crippen molar-refractivity contribution in [1.82, 2.24) is 10.6 Å². The van der Waals surface area contributed by atoms with Gasteiger partial charge >= 0.3 is 0 Å². The van der Waals surface area contributed by atoms with Gasteiger partial charge in [0.1, 0.15) is 5.75 Å². The monoisotopic (exact) mass is 518 g/mol. The van der Waals surface area contributed by atoms with Crippen LogP contribution in [-0.4, -0.2) is 36.9 Å². The fourth-order valence-electron chi connectivity index (χ4n) is 5.99. The van der Waals surface area contributed by atoms with Gasteiger partial charge in [0.25, 0.3) is 0 Å². The zero-order chi connectivity index (χ0) is 25.8. The van der Waals surface area contributed by atoms with E-state index in [1.807, 2.05) is 48.5 Å². The number of nitrogens with one attached hydrogen (secondary N) is 2. The number of hydrogen-bond donors (Lipinski definition) is 3. The number of phenols is 1. The molecule has 2 bridgehead atoms. The molecule has 4 atom stereocenters. The molecule has 0 aromatic heterocycles. The molecule has 3 N–H and O–H groups in total. The van der Waals surface area contributed by atoms with Crippen molar-refractivity contribution in [3.8, 4) is 16.9 Å². The maximum atomic E-state index is 13.8. The second kappa shape index (κ2) is 11.4. The molecule has 0 radical (unpaired) electrons. The summed E-state index contributed by atoms with van der Waals surface area (Å²) in [4.78, 5) is 0.437. The van der Waals surface area contributed by atoms with Gasteiger partial charge in [0.2, 0.25) is 0 Å². The molecule has 3 aromatic rings. The summed E-state index contributed by atoms with van der Waals surface area (Å²) in [6, 6.07) is 23.1. The maximum Gasteiger partial charge on any atom is 0.184 e. The SMILES string of the molecule is CCCCCCc1ccc(S(=O)(=O)[C@H]2[C@H](NCc3ccc(-c4cccc(O)c4)cc3)[C@H]3CC[C@@H]2N3)cc1. The van der Waals surface area contributed by atoms with Crippen molar-refractivity contribution in [2.75, 3.05) is 0 Å². The van der Waals surface area contributed by atoms with Gasteiger partial charge in [-0.1, -0.05) is 74.7 Å². The standard InChI is InChI=1S/C31H38N2O3S/c1-2-3-4-5-7-22-12-16-27(17-13-22)37(35,36)31-29-19-18-28(33-29)30(31)32-21-23-10-14-24(15-11-23)25-8-6-9-26(34)20-25/h6,8-17,20,28-34H,2-5,7,18-19,21H2,1H3/t28-,29+,30-,31-/m1/s1. The van der Waals surface area contributed by atoms with E-state index in [2.05, 4.69) is 29.7 Å². The van der Waals surface area contributed by atoms with E-state index in [4.69, 9.17) is 0 Å². The highest BCUT2D eigenvalue weighted by Crippen LogP contribution is 2.36. The lowest BCUT2D eigenvalue weighted by atomic mass is 9.94. The van der Waals surface area contributed by atoms with Crippen LogP contribution in [0, 0.1) is 0 Å². The third-order valence-electron chi connectivity index (χ3n) is 8.01. The van der Waals surface area contributed by atoms with Crippen LogP contribution in [0.1, 0.15) is 56.6 Å². The molecule has 3 aromatic carbocycles. The molecule has 196 valence electrons. The molecule has 0 saturated carbocycles. The van der Waals surface area contributed by atoms with Gasteiger partial charge < -0.3 is 15.7 Å². The van der Waals surface area contributed by atoms with E-state index in [1.54, 1.807) is 12.1 Å². The number of benzene rings is 3. The first-order chi connectivity index (χ1) is 18.0. The molecule has 2 heterocycles. The number of rotatable bonds is 11. The van der Waals surface area contributed by atoms with E-state index in [0.717, 1.165) is 42.4 Å². The molecular formula is C31H38N2O3S. The molecule has 5 nitrogen and oxygen atoms in total. The summed E-state index contributed by atoms with van der Waals surface area (Å²) in [6.07, 6.45) is 7.75. The Kier molecular flexibility index (Phi) is 7.98. The lowest BCUT2D eigenvalue weighted by molar-refractivity contribution is 0.409. The predicted molar refractivity (Wildman–Crippen MR) is 149 cm³/mol. The topological polar surface area (TPSA) is 78.4 Å². The highest BCUT2D eigenvalue weighted by atomic mass is 32.2. The summed E-state index contributed by atoms with van der Waals surface area (Å²) in [5.74, 6) is 0.251. The number of fused-ring (bicyclic) bond motifs is 2. The van der Waals surface area contributed by atoms with Crippen LogP contribution < -0.4 is 10.6 Å². The Hall–Kier alpha value is -2.67. The minimum Gasteiger partial charge on any atom is -0.508 e. The minimum absolute atomic E-state index is 0.00523. The third kappa shape index (κ3) is 5.77. The zero-order valence-corrected chi connectivity index (χ0v) is 22.4.